The van der Waals surface area contributed by atoms with Gasteiger partial charge < -0.3 is 4.57 Å². The molecule has 118 valence electrons. The van der Waals surface area contributed by atoms with Crippen molar-refractivity contribution in [3.05, 3.63) is 66.5 Å². The largest absolute Gasteiger partial charge is 0.318 e. The van der Waals surface area contributed by atoms with Crippen LogP contribution in [0.2, 0.25) is 0 Å². The van der Waals surface area contributed by atoms with Crippen LogP contribution in [0.5, 0.6) is 0 Å². The SMILES string of the molecule is c1cncc(-n2cccc2CN2CCCC(c3ccn[nH]3)C2)c1. The number of rotatable bonds is 4. The second-order valence-electron chi connectivity index (χ2n) is 6.17. The Morgan fingerprint density at radius 1 is 1.17 bits per heavy atom. The van der Waals surface area contributed by atoms with E-state index in [0.717, 1.165) is 25.3 Å². The maximum atomic E-state index is 4.23. The molecule has 1 saturated heterocycles. The fourth-order valence-corrected chi connectivity index (χ4v) is 3.47. The molecule has 0 radical (unpaired) electrons. The van der Waals surface area contributed by atoms with E-state index in [4.69, 9.17) is 0 Å². The van der Waals surface area contributed by atoms with Gasteiger partial charge in [-0.1, -0.05) is 0 Å². The summed E-state index contributed by atoms with van der Waals surface area (Å²) in [5, 5.41) is 7.23. The predicted molar refractivity (Wildman–Crippen MR) is 89.4 cm³/mol. The molecule has 1 aliphatic heterocycles. The minimum absolute atomic E-state index is 0.563. The molecule has 3 aromatic rings. The highest BCUT2D eigenvalue weighted by atomic mass is 15.2. The molecule has 23 heavy (non-hydrogen) atoms. The average Bonchev–Trinajstić information content (AvgIpc) is 3.28. The second kappa shape index (κ2) is 6.38. The van der Waals surface area contributed by atoms with Crippen LogP contribution in [0.4, 0.5) is 0 Å². The summed E-state index contributed by atoms with van der Waals surface area (Å²) in [4.78, 5) is 6.77. The lowest BCUT2D eigenvalue weighted by molar-refractivity contribution is 0.195. The third kappa shape index (κ3) is 3.05. The molecule has 0 bridgehead atoms. The first-order valence-electron chi connectivity index (χ1n) is 8.18. The fraction of sp³-hybridized carbons (Fsp3) is 0.333. The van der Waals surface area contributed by atoms with E-state index >= 15 is 0 Å². The Balaban J connectivity index is 1.49. The van der Waals surface area contributed by atoms with E-state index in [1.165, 1.54) is 24.2 Å². The monoisotopic (exact) mass is 307 g/mol. The molecule has 0 saturated carbocycles. The maximum Gasteiger partial charge on any atom is 0.0636 e. The third-order valence-electron chi connectivity index (χ3n) is 4.61. The van der Waals surface area contributed by atoms with Gasteiger partial charge in [0.05, 0.1) is 11.9 Å². The van der Waals surface area contributed by atoms with Crippen LogP contribution in [0.15, 0.2) is 55.1 Å². The number of pyridine rings is 1. The van der Waals surface area contributed by atoms with Gasteiger partial charge >= 0.3 is 0 Å². The zero-order valence-electron chi connectivity index (χ0n) is 13.1. The summed E-state index contributed by atoms with van der Waals surface area (Å²) in [7, 11) is 0. The number of piperidine rings is 1. The van der Waals surface area contributed by atoms with Gasteiger partial charge in [0, 0.05) is 49.0 Å². The van der Waals surface area contributed by atoms with Gasteiger partial charge in [-0.05, 0) is 49.7 Å². The highest BCUT2D eigenvalue weighted by Crippen LogP contribution is 2.26. The number of hydrogen-bond acceptors (Lipinski definition) is 3. The van der Waals surface area contributed by atoms with Crippen LogP contribution in [-0.4, -0.2) is 37.7 Å². The second-order valence-corrected chi connectivity index (χ2v) is 6.17. The molecular formula is C18H21N5. The summed E-state index contributed by atoms with van der Waals surface area (Å²) in [5.74, 6) is 0.563. The normalized spacial score (nSPS) is 19.0. The molecule has 1 aliphatic rings. The zero-order valence-corrected chi connectivity index (χ0v) is 13.1. The highest BCUT2D eigenvalue weighted by molar-refractivity contribution is 5.32. The van der Waals surface area contributed by atoms with Crippen LogP contribution in [0.25, 0.3) is 5.69 Å². The number of aromatic nitrogens is 4. The molecule has 5 heteroatoms. The van der Waals surface area contributed by atoms with E-state index in [9.17, 15) is 0 Å². The van der Waals surface area contributed by atoms with Crippen LogP contribution in [0.1, 0.15) is 30.1 Å². The van der Waals surface area contributed by atoms with Crippen LogP contribution < -0.4 is 0 Å². The van der Waals surface area contributed by atoms with Gasteiger partial charge in [-0.25, -0.2) is 0 Å². The number of nitrogens with zero attached hydrogens (tertiary/aromatic N) is 4. The Morgan fingerprint density at radius 3 is 3.00 bits per heavy atom. The topological polar surface area (TPSA) is 49.7 Å². The molecule has 4 heterocycles. The standard InChI is InChI=1S/C18H21N5/c1-5-16(12-19-8-1)23-11-3-6-17(23)14-22-10-2-4-15(13-22)18-7-9-20-21-18/h1,3,5-9,11-12,15H,2,4,10,13-14H2,(H,20,21). The fourth-order valence-electron chi connectivity index (χ4n) is 3.47. The minimum Gasteiger partial charge on any atom is -0.318 e. The smallest absolute Gasteiger partial charge is 0.0636 e. The van der Waals surface area contributed by atoms with E-state index in [1.54, 1.807) is 0 Å². The predicted octanol–water partition coefficient (Wildman–Crippen LogP) is 2.98. The Labute approximate surface area is 136 Å². The van der Waals surface area contributed by atoms with Gasteiger partial charge in [0.25, 0.3) is 0 Å². The molecule has 0 aliphatic carbocycles. The summed E-state index contributed by atoms with van der Waals surface area (Å²) in [6, 6.07) is 10.5. The lowest BCUT2D eigenvalue weighted by Crippen LogP contribution is -2.34. The first-order valence-corrected chi connectivity index (χ1v) is 8.18. The van der Waals surface area contributed by atoms with Gasteiger partial charge in [0.15, 0.2) is 0 Å². The first-order chi connectivity index (χ1) is 11.4. The van der Waals surface area contributed by atoms with Gasteiger partial charge in [-0.15, -0.1) is 0 Å². The van der Waals surface area contributed by atoms with E-state index < -0.39 is 0 Å². The number of nitrogens with one attached hydrogen (secondary N) is 1. The third-order valence-corrected chi connectivity index (χ3v) is 4.61. The van der Waals surface area contributed by atoms with Crippen LogP contribution in [0.3, 0.4) is 0 Å². The van der Waals surface area contributed by atoms with Crippen molar-refractivity contribution in [2.75, 3.05) is 13.1 Å². The maximum absolute atomic E-state index is 4.23. The van der Waals surface area contributed by atoms with Crippen molar-refractivity contribution in [1.82, 2.24) is 24.6 Å². The lowest BCUT2D eigenvalue weighted by atomic mass is 9.95. The van der Waals surface area contributed by atoms with Crippen molar-refractivity contribution in [3.8, 4) is 5.69 Å². The summed E-state index contributed by atoms with van der Waals surface area (Å²) in [6.07, 6.45) is 10.2. The van der Waals surface area contributed by atoms with Crippen molar-refractivity contribution in [1.29, 1.82) is 0 Å². The number of hydrogen-bond donors (Lipinski definition) is 1. The quantitative estimate of drug-likeness (QED) is 0.806. The number of likely N-dealkylation sites (tertiary alicyclic amines) is 1. The van der Waals surface area contributed by atoms with E-state index in [-0.39, 0.29) is 0 Å². The molecular weight excluding hydrogens is 286 g/mol. The van der Waals surface area contributed by atoms with E-state index in [2.05, 4.69) is 55.1 Å². The highest BCUT2D eigenvalue weighted by Gasteiger charge is 2.23. The Morgan fingerprint density at radius 2 is 2.17 bits per heavy atom. The number of aromatic amines is 1. The van der Waals surface area contributed by atoms with Crippen LogP contribution in [0, 0.1) is 0 Å². The Bertz CT molecular complexity index is 732. The molecule has 0 spiro atoms. The van der Waals surface area contributed by atoms with E-state index in [0.29, 0.717) is 5.92 Å². The van der Waals surface area contributed by atoms with E-state index in [1.807, 2.05) is 24.7 Å². The number of H-pyrrole nitrogens is 1. The van der Waals surface area contributed by atoms with Crippen molar-refractivity contribution in [2.45, 2.75) is 25.3 Å². The Hall–Kier alpha value is -2.40. The molecule has 4 rings (SSSR count). The molecule has 5 nitrogen and oxygen atoms in total. The van der Waals surface area contributed by atoms with Crippen LogP contribution >= 0.6 is 0 Å². The van der Waals surface area contributed by atoms with Crippen LogP contribution in [-0.2, 0) is 6.54 Å². The van der Waals surface area contributed by atoms with Crippen molar-refractivity contribution in [2.24, 2.45) is 0 Å². The summed E-state index contributed by atoms with van der Waals surface area (Å²) < 4.78 is 2.23. The molecule has 1 N–H and O–H groups in total. The van der Waals surface area contributed by atoms with Crippen molar-refractivity contribution < 1.29 is 0 Å². The first kappa shape index (κ1) is 14.2. The van der Waals surface area contributed by atoms with Crippen molar-refractivity contribution >= 4 is 0 Å². The summed E-state index contributed by atoms with van der Waals surface area (Å²) in [6.45, 7) is 3.20. The van der Waals surface area contributed by atoms with Gasteiger partial charge in [0.1, 0.15) is 0 Å². The molecule has 1 unspecified atom stereocenters. The molecule has 0 aromatic carbocycles. The Kier molecular flexibility index (Phi) is 3.94. The van der Waals surface area contributed by atoms with Gasteiger partial charge in [-0.3, -0.25) is 15.0 Å². The molecule has 0 amide bonds. The lowest BCUT2D eigenvalue weighted by Gasteiger charge is -2.32. The summed E-state index contributed by atoms with van der Waals surface area (Å²) in [5.41, 5.74) is 3.69. The minimum atomic E-state index is 0.563. The zero-order chi connectivity index (χ0) is 15.5. The molecule has 3 aromatic heterocycles. The van der Waals surface area contributed by atoms with Gasteiger partial charge in [0.2, 0.25) is 0 Å². The van der Waals surface area contributed by atoms with Gasteiger partial charge in [-0.2, -0.15) is 5.10 Å². The average molecular weight is 307 g/mol. The molecule has 1 fully saturated rings. The van der Waals surface area contributed by atoms with Crippen molar-refractivity contribution in [3.63, 3.8) is 0 Å². The molecule has 1 atom stereocenters. The summed E-state index contributed by atoms with van der Waals surface area (Å²) >= 11 is 0.